The normalized spacial score (nSPS) is 14.1. The van der Waals surface area contributed by atoms with Crippen LogP contribution in [0.2, 0.25) is 0 Å². The quantitative estimate of drug-likeness (QED) is 0.610. The molecule has 0 aliphatic carbocycles. The number of nitrogens with one attached hydrogen (secondary N) is 2. The molecule has 1 aliphatic heterocycles. The Morgan fingerprint density at radius 3 is 2.00 bits per heavy atom. The van der Waals surface area contributed by atoms with Crippen LogP contribution in [0.5, 0.6) is 0 Å². The number of imide groups is 1. The van der Waals surface area contributed by atoms with E-state index in [2.05, 4.69) is 10.6 Å². The summed E-state index contributed by atoms with van der Waals surface area (Å²) in [6.07, 6.45) is 0.0300. The fourth-order valence-electron chi connectivity index (χ4n) is 0.970. The number of alkyl carbamates (subject to hydrolysis) is 1. The topological polar surface area (TPSA) is 122 Å². The van der Waals surface area contributed by atoms with Crippen LogP contribution in [0.4, 0.5) is 4.79 Å². The molecule has 1 aliphatic rings. The van der Waals surface area contributed by atoms with Crippen molar-refractivity contribution in [3.8, 4) is 0 Å². The van der Waals surface area contributed by atoms with Crippen molar-refractivity contribution in [2.75, 3.05) is 6.54 Å². The average Bonchev–Trinajstić information content (AvgIpc) is 2.58. The van der Waals surface area contributed by atoms with Crippen molar-refractivity contribution in [3.63, 3.8) is 0 Å². The molecule has 0 atom stereocenters. The van der Waals surface area contributed by atoms with E-state index in [9.17, 15) is 19.2 Å². The SMILES string of the molecule is CC(C)(C)OC(=O)NCC(=O)O.O=C1CCC(=O)N1. The molecule has 1 fully saturated rings. The summed E-state index contributed by atoms with van der Waals surface area (Å²) in [5.74, 6) is -1.39. The van der Waals surface area contributed by atoms with Gasteiger partial charge in [0.2, 0.25) is 11.8 Å². The predicted octanol–water partition coefficient (Wildman–Crippen LogP) is 0.0187. The van der Waals surface area contributed by atoms with Gasteiger partial charge >= 0.3 is 12.1 Å². The van der Waals surface area contributed by atoms with Crippen LogP contribution >= 0.6 is 0 Å². The van der Waals surface area contributed by atoms with Gasteiger partial charge < -0.3 is 15.2 Å². The molecule has 1 saturated heterocycles. The van der Waals surface area contributed by atoms with Crippen molar-refractivity contribution >= 4 is 23.9 Å². The third kappa shape index (κ3) is 10.7. The number of hydrogen-bond acceptors (Lipinski definition) is 5. The minimum Gasteiger partial charge on any atom is -0.480 e. The van der Waals surface area contributed by atoms with Gasteiger partial charge in [0.25, 0.3) is 0 Å². The molecule has 3 amide bonds. The van der Waals surface area contributed by atoms with Crippen LogP contribution in [0.25, 0.3) is 0 Å². The van der Waals surface area contributed by atoms with Crippen LogP contribution in [0, 0.1) is 0 Å². The predicted molar refractivity (Wildman–Crippen MR) is 64.3 cm³/mol. The van der Waals surface area contributed by atoms with Gasteiger partial charge in [-0.3, -0.25) is 19.7 Å². The number of rotatable bonds is 2. The zero-order valence-corrected chi connectivity index (χ0v) is 11.1. The Hall–Kier alpha value is -2.12. The number of ether oxygens (including phenoxy) is 1. The Morgan fingerprint density at radius 2 is 1.74 bits per heavy atom. The molecular weight excluding hydrogens is 256 g/mol. The molecule has 3 N–H and O–H groups in total. The third-order valence-corrected chi connectivity index (χ3v) is 1.64. The van der Waals surface area contributed by atoms with Gasteiger partial charge in [-0.2, -0.15) is 0 Å². The summed E-state index contributed by atoms with van der Waals surface area (Å²) < 4.78 is 4.77. The molecule has 0 bridgehead atoms. The third-order valence-electron chi connectivity index (χ3n) is 1.64. The molecule has 108 valence electrons. The van der Waals surface area contributed by atoms with E-state index in [1.54, 1.807) is 20.8 Å². The molecule has 0 radical (unpaired) electrons. The van der Waals surface area contributed by atoms with Crippen molar-refractivity contribution in [3.05, 3.63) is 0 Å². The van der Waals surface area contributed by atoms with Gasteiger partial charge in [0.15, 0.2) is 0 Å². The number of aliphatic carboxylic acids is 1. The maximum absolute atomic E-state index is 10.8. The summed E-state index contributed by atoms with van der Waals surface area (Å²) in [4.78, 5) is 41.0. The minimum atomic E-state index is -1.10. The second-order valence-corrected chi connectivity index (χ2v) is 4.72. The second-order valence-electron chi connectivity index (χ2n) is 4.72. The maximum Gasteiger partial charge on any atom is 0.408 e. The molecule has 1 heterocycles. The zero-order valence-electron chi connectivity index (χ0n) is 11.1. The number of carboxylic acid groups (broad SMARTS) is 1. The van der Waals surface area contributed by atoms with E-state index in [-0.39, 0.29) is 11.8 Å². The molecule has 0 unspecified atom stereocenters. The van der Waals surface area contributed by atoms with E-state index < -0.39 is 24.2 Å². The lowest BCUT2D eigenvalue weighted by atomic mass is 10.2. The van der Waals surface area contributed by atoms with Crippen LogP contribution in [0.15, 0.2) is 0 Å². The van der Waals surface area contributed by atoms with Crippen LogP contribution in [-0.2, 0) is 19.1 Å². The lowest BCUT2D eigenvalue weighted by molar-refractivity contribution is -0.136. The van der Waals surface area contributed by atoms with Gasteiger partial charge in [-0.1, -0.05) is 0 Å². The lowest BCUT2D eigenvalue weighted by Gasteiger charge is -2.19. The molecule has 8 heteroatoms. The van der Waals surface area contributed by atoms with Crippen molar-refractivity contribution in [1.82, 2.24) is 10.6 Å². The molecule has 0 aromatic heterocycles. The van der Waals surface area contributed by atoms with Crippen molar-refractivity contribution < 1.29 is 29.0 Å². The first kappa shape index (κ1) is 16.9. The van der Waals surface area contributed by atoms with Crippen molar-refractivity contribution in [2.45, 2.75) is 39.2 Å². The molecule has 1 rings (SSSR count). The Morgan fingerprint density at radius 1 is 1.26 bits per heavy atom. The van der Waals surface area contributed by atoms with Gasteiger partial charge in [0, 0.05) is 12.8 Å². The first-order valence-corrected chi connectivity index (χ1v) is 5.61. The molecule has 0 saturated carbocycles. The number of carbonyl (C=O) groups is 4. The highest BCUT2D eigenvalue weighted by molar-refractivity contribution is 6.01. The highest BCUT2D eigenvalue weighted by Gasteiger charge is 2.16. The Kier molecular flexibility index (Phi) is 6.53. The lowest BCUT2D eigenvalue weighted by Crippen LogP contribution is -2.35. The number of carboxylic acids is 1. The minimum absolute atomic E-state index is 0.148. The Bertz CT molecular complexity index is 358. The summed E-state index contributed by atoms with van der Waals surface area (Å²) in [7, 11) is 0. The van der Waals surface area contributed by atoms with Gasteiger partial charge in [-0.25, -0.2) is 4.79 Å². The number of amides is 3. The van der Waals surface area contributed by atoms with Crippen LogP contribution in [-0.4, -0.2) is 41.1 Å². The van der Waals surface area contributed by atoms with E-state index in [1.807, 2.05) is 0 Å². The maximum atomic E-state index is 10.8. The standard InChI is InChI=1S/C7H13NO4.C4H5NO2/c1-7(2,3)12-6(11)8-4-5(9)10;6-3-1-2-4(7)5-3/h4H2,1-3H3,(H,8,11)(H,9,10);1-2H2,(H,5,6,7). The van der Waals surface area contributed by atoms with Crippen LogP contribution in [0.1, 0.15) is 33.6 Å². The van der Waals surface area contributed by atoms with Gasteiger partial charge in [-0.05, 0) is 20.8 Å². The zero-order chi connectivity index (χ0) is 15.1. The van der Waals surface area contributed by atoms with E-state index in [0.29, 0.717) is 12.8 Å². The van der Waals surface area contributed by atoms with E-state index in [0.717, 1.165) is 0 Å². The Balaban J connectivity index is 0.000000388. The summed E-state index contributed by atoms with van der Waals surface area (Å²) >= 11 is 0. The number of carbonyl (C=O) groups excluding carboxylic acids is 3. The molecule has 0 aromatic rings. The first-order valence-electron chi connectivity index (χ1n) is 5.61. The Labute approximate surface area is 110 Å². The van der Waals surface area contributed by atoms with Gasteiger partial charge in [0.05, 0.1) is 0 Å². The monoisotopic (exact) mass is 274 g/mol. The van der Waals surface area contributed by atoms with E-state index in [1.165, 1.54) is 0 Å². The van der Waals surface area contributed by atoms with E-state index >= 15 is 0 Å². The van der Waals surface area contributed by atoms with Crippen molar-refractivity contribution in [2.24, 2.45) is 0 Å². The molecule has 8 nitrogen and oxygen atoms in total. The second kappa shape index (κ2) is 7.34. The van der Waals surface area contributed by atoms with Gasteiger partial charge in [-0.15, -0.1) is 0 Å². The van der Waals surface area contributed by atoms with Crippen LogP contribution < -0.4 is 10.6 Å². The van der Waals surface area contributed by atoms with Gasteiger partial charge in [0.1, 0.15) is 12.1 Å². The molecular formula is C11H18N2O6. The molecule has 0 aromatic carbocycles. The summed E-state index contributed by atoms with van der Waals surface area (Å²) in [5, 5.41) is 12.4. The summed E-state index contributed by atoms with van der Waals surface area (Å²) in [5.41, 5.74) is -0.595. The fraction of sp³-hybridized carbons (Fsp3) is 0.636. The van der Waals surface area contributed by atoms with Crippen molar-refractivity contribution in [1.29, 1.82) is 0 Å². The highest BCUT2D eigenvalue weighted by atomic mass is 16.6. The molecule has 0 spiro atoms. The van der Waals surface area contributed by atoms with Crippen LogP contribution in [0.3, 0.4) is 0 Å². The smallest absolute Gasteiger partial charge is 0.408 e. The average molecular weight is 274 g/mol. The molecule has 19 heavy (non-hydrogen) atoms. The summed E-state index contributed by atoms with van der Waals surface area (Å²) in [6.45, 7) is 4.68. The largest absolute Gasteiger partial charge is 0.480 e. The number of hydrogen-bond donors (Lipinski definition) is 3. The van der Waals surface area contributed by atoms with E-state index in [4.69, 9.17) is 9.84 Å². The fourth-order valence-corrected chi connectivity index (χ4v) is 0.970. The first-order chi connectivity index (χ1) is 8.60. The highest BCUT2D eigenvalue weighted by Crippen LogP contribution is 2.05. The summed E-state index contributed by atoms with van der Waals surface area (Å²) in [6, 6.07) is 0.